The van der Waals surface area contributed by atoms with Gasteiger partial charge in [0.05, 0.1) is 0 Å². The molecule has 0 spiro atoms. The summed E-state index contributed by atoms with van der Waals surface area (Å²) in [6.07, 6.45) is 1.82. The van der Waals surface area contributed by atoms with Crippen LogP contribution in [-0.4, -0.2) is 0 Å². The van der Waals surface area contributed by atoms with E-state index in [0.717, 1.165) is 57.1 Å². The second-order valence-electron chi connectivity index (χ2n) is 17.5. The molecular formula is C60H44O2. The maximum Gasteiger partial charge on any atom is 0.143 e. The summed E-state index contributed by atoms with van der Waals surface area (Å²) in [5.74, 6) is 0.140. The van der Waals surface area contributed by atoms with Crippen molar-refractivity contribution in [3.8, 4) is 44.5 Å². The third-order valence-electron chi connectivity index (χ3n) is 13.6. The average Bonchev–Trinajstić information content (AvgIpc) is 3.97. The fourth-order valence-corrected chi connectivity index (χ4v) is 10.5. The van der Waals surface area contributed by atoms with E-state index in [1.54, 1.807) is 0 Å². The second kappa shape index (κ2) is 14.4. The summed E-state index contributed by atoms with van der Waals surface area (Å²) in [4.78, 5) is 0. The Labute approximate surface area is 361 Å². The number of hydrogen-bond donors (Lipinski definition) is 0. The fraction of sp³-hybridized carbons (Fsp3) is 0.100. The highest BCUT2D eigenvalue weighted by Gasteiger charge is 2.37. The van der Waals surface area contributed by atoms with Crippen molar-refractivity contribution in [2.24, 2.45) is 0 Å². The molecule has 2 heteroatoms. The van der Waals surface area contributed by atoms with Crippen LogP contribution in [0.2, 0.25) is 0 Å². The Morgan fingerprint density at radius 3 is 1.90 bits per heavy atom. The zero-order valence-electron chi connectivity index (χ0n) is 34.9. The smallest absolute Gasteiger partial charge is 0.143 e. The van der Waals surface area contributed by atoms with Gasteiger partial charge in [-0.1, -0.05) is 190 Å². The molecule has 0 N–H and O–H groups in total. The zero-order valence-corrected chi connectivity index (χ0v) is 34.9. The molecule has 0 bridgehead atoms. The molecule has 2 heterocycles. The van der Waals surface area contributed by atoms with Crippen LogP contribution in [-0.2, 0) is 11.8 Å². The zero-order chi connectivity index (χ0) is 41.4. The van der Waals surface area contributed by atoms with Crippen LogP contribution in [0.4, 0.5) is 0 Å². The van der Waals surface area contributed by atoms with Crippen molar-refractivity contribution in [1.82, 2.24) is 0 Å². The van der Waals surface area contributed by atoms with E-state index in [2.05, 4.69) is 208 Å². The number of rotatable bonds is 8. The van der Waals surface area contributed by atoms with Crippen molar-refractivity contribution < 1.29 is 8.83 Å². The lowest BCUT2D eigenvalue weighted by atomic mass is 9.80. The predicted molar refractivity (Wildman–Crippen MR) is 258 cm³/mol. The van der Waals surface area contributed by atoms with E-state index in [0.29, 0.717) is 0 Å². The summed E-state index contributed by atoms with van der Waals surface area (Å²) < 4.78 is 13.0. The van der Waals surface area contributed by atoms with Crippen LogP contribution >= 0.6 is 0 Å². The van der Waals surface area contributed by atoms with Crippen LogP contribution in [0.3, 0.4) is 0 Å². The van der Waals surface area contributed by atoms with E-state index in [4.69, 9.17) is 8.83 Å². The molecule has 9 aromatic carbocycles. The Hall–Kier alpha value is -7.42. The van der Waals surface area contributed by atoms with Gasteiger partial charge in [-0.25, -0.2) is 0 Å². The minimum Gasteiger partial charge on any atom is -0.456 e. The molecule has 0 amide bonds. The van der Waals surface area contributed by atoms with Gasteiger partial charge in [0.1, 0.15) is 22.3 Å². The molecule has 1 aliphatic rings. The maximum atomic E-state index is 6.51. The van der Waals surface area contributed by atoms with Crippen molar-refractivity contribution in [2.45, 2.75) is 38.0 Å². The van der Waals surface area contributed by atoms with Gasteiger partial charge in [-0.2, -0.15) is 0 Å². The molecule has 1 unspecified atom stereocenters. The molecule has 11 aromatic rings. The topological polar surface area (TPSA) is 26.3 Å². The summed E-state index contributed by atoms with van der Waals surface area (Å²) in [7, 11) is 0. The molecule has 2 aromatic heterocycles. The molecule has 12 rings (SSSR count). The van der Waals surface area contributed by atoms with Gasteiger partial charge in [0, 0.05) is 38.4 Å². The number of aryl methyl sites for hydroxylation is 1. The van der Waals surface area contributed by atoms with Crippen molar-refractivity contribution in [3.05, 3.63) is 228 Å². The Morgan fingerprint density at radius 1 is 0.419 bits per heavy atom. The molecule has 0 saturated carbocycles. The molecule has 0 fully saturated rings. The van der Waals surface area contributed by atoms with E-state index < -0.39 is 0 Å². The minimum atomic E-state index is -0.112. The Balaban J connectivity index is 0.982. The second-order valence-corrected chi connectivity index (χ2v) is 17.5. The molecule has 296 valence electrons. The summed E-state index contributed by atoms with van der Waals surface area (Å²) >= 11 is 0. The van der Waals surface area contributed by atoms with Crippen LogP contribution < -0.4 is 0 Å². The van der Waals surface area contributed by atoms with E-state index >= 15 is 0 Å². The lowest BCUT2D eigenvalue weighted by Gasteiger charge is -2.23. The number of benzene rings is 9. The summed E-state index contributed by atoms with van der Waals surface area (Å²) in [6.45, 7) is 4.76. The van der Waals surface area contributed by atoms with Gasteiger partial charge in [0.25, 0.3) is 0 Å². The first-order valence-electron chi connectivity index (χ1n) is 21.8. The van der Waals surface area contributed by atoms with Crippen molar-refractivity contribution in [2.75, 3.05) is 0 Å². The first-order valence-corrected chi connectivity index (χ1v) is 21.8. The molecular weight excluding hydrogens is 753 g/mol. The standard InChI is InChI=1S/C60H44O2/c1-60(2)52-34-31-44(37-50(52)58-46(20-13-23-53(58)60)39-16-7-4-8-17-39)45(40-26-28-41(29-27-40)47-21-12-22-49-48-19-9-10-24-54(48)62-59(47)49)33-30-42-18-11-25-56-57(42)51-36-43(32-35-55(51)61-56)38-14-5-3-6-15-38/h3-29,31-32,34-37,45H,30,33H2,1-2H3. The van der Waals surface area contributed by atoms with E-state index in [1.165, 1.54) is 72.0 Å². The number of para-hydroxylation sites is 2. The molecule has 0 radical (unpaired) electrons. The van der Waals surface area contributed by atoms with Crippen molar-refractivity contribution >= 4 is 43.9 Å². The van der Waals surface area contributed by atoms with Crippen LogP contribution in [0.5, 0.6) is 0 Å². The monoisotopic (exact) mass is 796 g/mol. The quantitative estimate of drug-likeness (QED) is 0.153. The molecule has 62 heavy (non-hydrogen) atoms. The van der Waals surface area contributed by atoms with Crippen LogP contribution in [0.1, 0.15) is 54.0 Å². The minimum absolute atomic E-state index is 0.112. The first-order chi connectivity index (χ1) is 30.5. The molecule has 0 aliphatic heterocycles. The molecule has 2 nitrogen and oxygen atoms in total. The van der Waals surface area contributed by atoms with E-state index in [-0.39, 0.29) is 11.3 Å². The number of furan rings is 2. The van der Waals surface area contributed by atoms with Gasteiger partial charge in [0.15, 0.2) is 0 Å². The summed E-state index contributed by atoms with van der Waals surface area (Å²) in [6, 6.07) is 73.0. The Morgan fingerprint density at radius 2 is 1.06 bits per heavy atom. The van der Waals surface area contributed by atoms with Crippen LogP contribution in [0.25, 0.3) is 88.4 Å². The molecule has 1 aliphatic carbocycles. The van der Waals surface area contributed by atoms with E-state index in [9.17, 15) is 0 Å². The molecule has 1 atom stereocenters. The van der Waals surface area contributed by atoms with Gasteiger partial charge in [0.2, 0.25) is 0 Å². The van der Waals surface area contributed by atoms with Gasteiger partial charge in [-0.3, -0.25) is 0 Å². The highest BCUT2D eigenvalue weighted by molar-refractivity contribution is 6.10. The Bertz CT molecular complexity index is 3480. The van der Waals surface area contributed by atoms with E-state index in [1.807, 2.05) is 6.07 Å². The summed E-state index contributed by atoms with van der Waals surface area (Å²) in [5, 5.41) is 4.68. The van der Waals surface area contributed by atoms with Gasteiger partial charge in [-0.15, -0.1) is 0 Å². The maximum absolute atomic E-state index is 6.51. The van der Waals surface area contributed by atoms with Gasteiger partial charge in [-0.05, 0) is 104 Å². The fourth-order valence-electron chi connectivity index (χ4n) is 10.5. The van der Waals surface area contributed by atoms with Crippen molar-refractivity contribution in [1.29, 1.82) is 0 Å². The SMILES string of the molecule is CC1(C)c2ccc(C(CCc3cccc4oc5ccc(-c6ccccc6)cc5c34)c3ccc(-c4cccc5c4oc4ccccc45)cc3)cc2-c2c(-c3ccccc3)cccc21. The van der Waals surface area contributed by atoms with Crippen LogP contribution in [0, 0.1) is 0 Å². The van der Waals surface area contributed by atoms with Gasteiger partial charge >= 0.3 is 0 Å². The largest absolute Gasteiger partial charge is 0.456 e. The third-order valence-corrected chi connectivity index (χ3v) is 13.6. The third kappa shape index (κ3) is 5.85. The van der Waals surface area contributed by atoms with Gasteiger partial charge < -0.3 is 8.83 Å². The van der Waals surface area contributed by atoms with Crippen molar-refractivity contribution in [3.63, 3.8) is 0 Å². The average molecular weight is 797 g/mol. The number of hydrogen-bond acceptors (Lipinski definition) is 2. The molecule has 0 saturated heterocycles. The first kappa shape index (κ1) is 36.4. The Kier molecular flexibility index (Phi) is 8.44. The lowest BCUT2D eigenvalue weighted by Crippen LogP contribution is -2.15. The number of fused-ring (bicyclic) bond motifs is 9. The predicted octanol–water partition coefficient (Wildman–Crippen LogP) is 16.6. The normalized spacial score (nSPS) is 13.5. The van der Waals surface area contributed by atoms with Crippen LogP contribution in [0.15, 0.2) is 209 Å². The lowest BCUT2D eigenvalue weighted by molar-refractivity contribution is 0.659. The summed E-state index contributed by atoms with van der Waals surface area (Å²) in [5.41, 5.74) is 20.2. The highest BCUT2D eigenvalue weighted by atomic mass is 16.3. The highest BCUT2D eigenvalue weighted by Crippen LogP contribution is 2.53.